The van der Waals surface area contributed by atoms with E-state index < -0.39 is 17.3 Å². The van der Waals surface area contributed by atoms with Gasteiger partial charge in [0.1, 0.15) is 5.60 Å². The van der Waals surface area contributed by atoms with Gasteiger partial charge in [-0.15, -0.1) is 0 Å². The van der Waals surface area contributed by atoms with E-state index in [0.29, 0.717) is 5.56 Å². The Kier molecular flexibility index (Phi) is 3.60. The summed E-state index contributed by atoms with van der Waals surface area (Å²) in [7, 11) is 1.42. The Morgan fingerprint density at radius 1 is 1.12 bits per heavy atom. The highest BCUT2D eigenvalue weighted by molar-refractivity contribution is 5.28. The zero-order valence-electron chi connectivity index (χ0n) is 9.01. The number of benzene rings is 1. The molecule has 0 aromatic heterocycles. The van der Waals surface area contributed by atoms with Gasteiger partial charge in [0.05, 0.1) is 12.2 Å². The fraction of sp³-hybridized carbons (Fsp3) is 0.455. The van der Waals surface area contributed by atoms with E-state index in [9.17, 15) is 18.3 Å². The summed E-state index contributed by atoms with van der Waals surface area (Å²) >= 11 is 0. The second-order valence-corrected chi connectivity index (χ2v) is 3.78. The molecule has 1 aromatic carbocycles. The van der Waals surface area contributed by atoms with Crippen LogP contribution >= 0.6 is 0 Å². The van der Waals surface area contributed by atoms with Gasteiger partial charge in [0.15, 0.2) is 0 Å². The molecule has 0 saturated heterocycles. The van der Waals surface area contributed by atoms with Gasteiger partial charge < -0.3 is 9.84 Å². The van der Waals surface area contributed by atoms with Gasteiger partial charge in [-0.25, -0.2) is 0 Å². The molecule has 2 nitrogen and oxygen atoms in total. The van der Waals surface area contributed by atoms with Crippen molar-refractivity contribution in [3.63, 3.8) is 0 Å². The standard InChI is InChI=1S/C11H13F3O2/c1-10(15,7-16-2)8-3-5-9(6-4-8)11(12,13)14/h3-6,15H,7H2,1-2H3. The fourth-order valence-corrected chi connectivity index (χ4v) is 1.38. The van der Waals surface area contributed by atoms with Crippen LogP contribution in [0, 0.1) is 0 Å². The molecule has 5 heteroatoms. The van der Waals surface area contributed by atoms with Crippen LogP contribution < -0.4 is 0 Å². The first-order chi connectivity index (χ1) is 7.27. The molecule has 1 N–H and O–H groups in total. The van der Waals surface area contributed by atoms with E-state index in [1.807, 2.05) is 0 Å². The van der Waals surface area contributed by atoms with E-state index in [2.05, 4.69) is 0 Å². The topological polar surface area (TPSA) is 29.5 Å². The first-order valence-corrected chi connectivity index (χ1v) is 4.66. The van der Waals surface area contributed by atoms with Gasteiger partial charge in [-0.3, -0.25) is 0 Å². The molecule has 0 bridgehead atoms. The highest BCUT2D eigenvalue weighted by Crippen LogP contribution is 2.30. The Morgan fingerprint density at radius 2 is 1.56 bits per heavy atom. The third-order valence-electron chi connectivity index (χ3n) is 2.26. The van der Waals surface area contributed by atoms with Crippen molar-refractivity contribution in [2.75, 3.05) is 13.7 Å². The number of ether oxygens (including phenoxy) is 1. The predicted octanol–water partition coefficient (Wildman–Crippen LogP) is 2.56. The molecule has 0 spiro atoms. The van der Waals surface area contributed by atoms with Gasteiger partial charge in [0.25, 0.3) is 0 Å². The van der Waals surface area contributed by atoms with Crippen molar-refractivity contribution in [3.05, 3.63) is 35.4 Å². The Bertz CT molecular complexity index is 341. The van der Waals surface area contributed by atoms with Gasteiger partial charge in [-0.2, -0.15) is 13.2 Å². The average Bonchev–Trinajstić information content (AvgIpc) is 2.16. The van der Waals surface area contributed by atoms with Gasteiger partial charge >= 0.3 is 6.18 Å². The maximum atomic E-state index is 12.3. The minimum Gasteiger partial charge on any atom is -0.383 e. The van der Waals surface area contributed by atoms with Gasteiger partial charge in [0.2, 0.25) is 0 Å². The number of halogens is 3. The Hall–Kier alpha value is -1.07. The molecule has 0 amide bonds. The SMILES string of the molecule is COCC(C)(O)c1ccc(C(F)(F)F)cc1. The molecule has 0 aliphatic carbocycles. The second kappa shape index (κ2) is 4.43. The van der Waals surface area contributed by atoms with Crippen LogP contribution in [0.15, 0.2) is 24.3 Å². The average molecular weight is 234 g/mol. The maximum absolute atomic E-state index is 12.3. The van der Waals surface area contributed by atoms with Crippen LogP contribution in [0.2, 0.25) is 0 Å². The number of alkyl halides is 3. The van der Waals surface area contributed by atoms with Crippen LogP contribution in [0.3, 0.4) is 0 Å². The summed E-state index contributed by atoms with van der Waals surface area (Å²) in [4.78, 5) is 0. The summed E-state index contributed by atoms with van der Waals surface area (Å²) in [5.41, 5.74) is -1.62. The zero-order chi connectivity index (χ0) is 12.4. The molecule has 1 atom stereocenters. The molecule has 1 rings (SSSR count). The smallest absolute Gasteiger partial charge is 0.383 e. The predicted molar refractivity (Wildman–Crippen MR) is 52.9 cm³/mol. The number of aliphatic hydroxyl groups is 1. The van der Waals surface area contributed by atoms with E-state index in [1.54, 1.807) is 0 Å². The largest absolute Gasteiger partial charge is 0.416 e. The van der Waals surface area contributed by atoms with E-state index >= 15 is 0 Å². The lowest BCUT2D eigenvalue weighted by Crippen LogP contribution is -2.27. The molecular formula is C11H13F3O2. The molecule has 0 radical (unpaired) electrons. The zero-order valence-corrected chi connectivity index (χ0v) is 9.01. The molecule has 1 aromatic rings. The summed E-state index contributed by atoms with van der Waals surface area (Å²) in [6.07, 6.45) is -4.36. The van der Waals surface area contributed by atoms with Crippen molar-refractivity contribution in [1.82, 2.24) is 0 Å². The fourth-order valence-electron chi connectivity index (χ4n) is 1.38. The molecule has 0 fully saturated rings. The third-order valence-corrected chi connectivity index (χ3v) is 2.26. The Labute approximate surface area is 91.7 Å². The third kappa shape index (κ3) is 2.96. The lowest BCUT2D eigenvalue weighted by Gasteiger charge is -2.23. The molecule has 0 saturated carbocycles. The maximum Gasteiger partial charge on any atom is 0.416 e. The highest BCUT2D eigenvalue weighted by atomic mass is 19.4. The minimum absolute atomic E-state index is 0.0262. The summed E-state index contributed by atoms with van der Waals surface area (Å²) < 4.78 is 41.6. The second-order valence-electron chi connectivity index (χ2n) is 3.78. The Balaban J connectivity index is 2.95. The molecule has 0 aliphatic heterocycles. The van der Waals surface area contributed by atoms with Gasteiger partial charge in [-0.1, -0.05) is 12.1 Å². The molecule has 90 valence electrons. The van der Waals surface area contributed by atoms with E-state index in [0.717, 1.165) is 12.1 Å². The molecule has 16 heavy (non-hydrogen) atoms. The van der Waals surface area contributed by atoms with Crippen LogP contribution in [0.25, 0.3) is 0 Å². The normalized spacial score (nSPS) is 15.9. The van der Waals surface area contributed by atoms with Crippen molar-refractivity contribution in [2.24, 2.45) is 0 Å². The number of hydrogen-bond donors (Lipinski definition) is 1. The minimum atomic E-state index is -4.36. The van der Waals surface area contributed by atoms with Crippen molar-refractivity contribution >= 4 is 0 Å². The molecule has 0 aliphatic rings. The quantitative estimate of drug-likeness (QED) is 0.870. The van der Waals surface area contributed by atoms with Crippen molar-refractivity contribution in [3.8, 4) is 0 Å². The van der Waals surface area contributed by atoms with Crippen molar-refractivity contribution < 1.29 is 23.0 Å². The first-order valence-electron chi connectivity index (χ1n) is 4.66. The summed E-state index contributed by atoms with van der Waals surface area (Å²) in [5, 5.41) is 9.87. The molecular weight excluding hydrogens is 221 g/mol. The van der Waals surface area contributed by atoms with Crippen molar-refractivity contribution in [2.45, 2.75) is 18.7 Å². The summed E-state index contributed by atoms with van der Waals surface area (Å²) in [6, 6.07) is 4.39. The van der Waals surface area contributed by atoms with Gasteiger partial charge in [-0.05, 0) is 24.6 Å². The number of rotatable bonds is 3. The summed E-state index contributed by atoms with van der Waals surface area (Å²) in [6.45, 7) is 1.51. The summed E-state index contributed by atoms with van der Waals surface area (Å²) in [5.74, 6) is 0. The van der Waals surface area contributed by atoms with Crippen LogP contribution in [-0.2, 0) is 16.5 Å². The van der Waals surface area contributed by atoms with Crippen LogP contribution in [0.1, 0.15) is 18.1 Å². The van der Waals surface area contributed by atoms with E-state index in [1.165, 1.54) is 26.2 Å². The monoisotopic (exact) mass is 234 g/mol. The van der Waals surface area contributed by atoms with Crippen LogP contribution in [-0.4, -0.2) is 18.8 Å². The van der Waals surface area contributed by atoms with Gasteiger partial charge in [0, 0.05) is 7.11 Å². The lowest BCUT2D eigenvalue weighted by molar-refractivity contribution is -0.137. The van der Waals surface area contributed by atoms with Crippen molar-refractivity contribution in [1.29, 1.82) is 0 Å². The van der Waals surface area contributed by atoms with E-state index in [4.69, 9.17) is 4.74 Å². The van der Waals surface area contributed by atoms with Crippen LogP contribution in [0.5, 0.6) is 0 Å². The highest BCUT2D eigenvalue weighted by Gasteiger charge is 2.31. The number of hydrogen-bond acceptors (Lipinski definition) is 2. The Morgan fingerprint density at radius 3 is 1.94 bits per heavy atom. The number of methoxy groups -OCH3 is 1. The molecule has 1 unspecified atom stereocenters. The first kappa shape index (κ1) is 13.0. The van der Waals surface area contributed by atoms with Crippen LogP contribution in [0.4, 0.5) is 13.2 Å². The lowest BCUT2D eigenvalue weighted by atomic mass is 9.96. The van der Waals surface area contributed by atoms with E-state index in [-0.39, 0.29) is 6.61 Å². The molecule has 0 heterocycles.